The van der Waals surface area contributed by atoms with Crippen molar-refractivity contribution in [1.82, 2.24) is 0 Å². The molecule has 0 aliphatic rings. The minimum atomic E-state index is 0.0458. The number of thiophene rings is 1. The number of rotatable bonds is 2. The van der Waals surface area contributed by atoms with E-state index in [0.717, 1.165) is 14.5 Å². The van der Waals surface area contributed by atoms with Crippen LogP contribution in [0.1, 0.15) is 15.9 Å². The van der Waals surface area contributed by atoms with E-state index in [-0.39, 0.29) is 5.78 Å². The van der Waals surface area contributed by atoms with Gasteiger partial charge in [-0.25, -0.2) is 0 Å². The zero-order chi connectivity index (χ0) is 10.8. The van der Waals surface area contributed by atoms with Crippen molar-refractivity contribution in [3.63, 3.8) is 0 Å². The quantitative estimate of drug-likeness (QED) is 0.732. The molecule has 0 atom stereocenters. The van der Waals surface area contributed by atoms with Crippen molar-refractivity contribution in [3.05, 3.63) is 55.1 Å². The smallest absolute Gasteiger partial charge is 0.195 e. The van der Waals surface area contributed by atoms with Crippen molar-refractivity contribution < 1.29 is 4.79 Å². The van der Waals surface area contributed by atoms with Crippen LogP contribution in [0.15, 0.2) is 44.0 Å². The summed E-state index contributed by atoms with van der Waals surface area (Å²) in [6.07, 6.45) is 0. The summed E-state index contributed by atoms with van der Waals surface area (Å²) in [5.74, 6) is 0.0458. The molecule has 4 heteroatoms. The Hall–Kier alpha value is -0.450. The van der Waals surface area contributed by atoms with Crippen LogP contribution < -0.4 is 0 Å². The third kappa shape index (κ3) is 2.38. The third-order valence-corrected chi connectivity index (χ3v) is 3.82. The SMILES string of the molecule is O=C(c1ccsc1)c1cc(Br)ccc1Br. The number of carbonyl (C=O) groups excluding carboxylic acids is 1. The molecule has 1 aromatic carbocycles. The predicted octanol–water partition coefficient (Wildman–Crippen LogP) is 4.50. The normalized spacial score (nSPS) is 10.3. The highest BCUT2D eigenvalue weighted by molar-refractivity contribution is 9.11. The Morgan fingerprint density at radius 3 is 2.67 bits per heavy atom. The van der Waals surface area contributed by atoms with Gasteiger partial charge in [-0.15, -0.1) is 0 Å². The summed E-state index contributed by atoms with van der Waals surface area (Å²) in [7, 11) is 0. The van der Waals surface area contributed by atoms with E-state index in [9.17, 15) is 4.79 Å². The average molecular weight is 346 g/mol. The molecule has 0 bridgehead atoms. The van der Waals surface area contributed by atoms with Crippen molar-refractivity contribution in [3.8, 4) is 0 Å². The molecule has 0 spiro atoms. The Balaban J connectivity index is 2.46. The second-order valence-electron chi connectivity index (χ2n) is 2.97. The summed E-state index contributed by atoms with van der Waals surface area (Å²) >= 11 is 8.26. The number of carbonyl (C=O) groups is 1. The summed E-state index contributed by atoms with van der Waals surface area (Å²) < 4.78 is 1.73. The van der Waals surface area contributed by atoms with Gasteiger partial charge in [0, 0.05) is 25.5 Å². The molecular weight excluding hydrogens is 340 g/mol. The van der Waals surface area contributed by atoms with Gasteiger partial charge >= 0.3 is 0 Å². The zero-order valence-electron chi connectivity index (χ0n) is 7.54. The maximum absolute atomic E-state index is 12.0. The number of ketones is 1. The zero-order valence-corrected chi connectivity index (χ0v) is 11.5. The van der Waals surface area contributed by atoms with Crippen LogP contribution in [0.5, 0.6) is 0 Å². The van der Waals surface area contributed by atoms with E-state index in [1.807, 2.05) is 35.0 Å². The topological polar surface area (TPSA) is 17.1 Å². The molecule has 15 heavy (non-hydrogen) atoms. The van der Waals surface area contributed by atoms with Crippen LogP contribution in [0.3, 0.4) is 0 Å². The van der Waals surface area contributed by atoms with Crippen LogP contribution in [0.25, 0.3) is 0 Å². The van der Waals surface area contributed by atoms with Gasteiger partial charge in [0.15, 0.2) is 5.78 Å². The third-order valence-electron chi connectivity index (χ3n) is 1.96. The van der Waals surface area contributed by atoms with Gasteiger partial charge < -0.3 is 0 Å². The Morgan fingerprint density at radius 1 is 1.20 bits per heavy atom. The van der Waals surface area contributed by atoms with Crippen LogP contribution in [-0.2, 0) is 0 Å². The highest BCUT2D eigenvalue weighted by Crippen LogP contribution is 2.24. The monoisotopic (exact) mass is 344 g/mol. The van der Waals surface area contributed by atoms with Gasteiger partial charge in [0.25, 0.3) is 0 Å². The van der Waals surface area contributed by atoms with Crippen LogP contribution in [0.2, 0.25) is 0 Å². The number of benzene rings is 1. The lowest BCUT2D eigenvalue weighted by Gasteiger charge is -2.02. The predicted molar refractivity (Wildman–Crippen MR) is 69.6 cm³/mol. The van der Waals surface area contributed by atoms with E-state index in [1.54, 1.807) is 0 Å². The van der Waals surface area contributed by atoms with E-state index in [1.165, 1.54) is 11.3 Å². The fourth-order valence-corrected chi connectivity index (χ4v) is 2.64. The van der Waals surface area contributed by atoms with Crippen LogP contribution in [0, 0.1) is 0 Å². The van der Waals surface area contributed by atoms with E-state index in [4.69, 9.17) is 0 Å². The molecule has 0 N–H and O–H groups in total. The average Bonchev–Trinajstić information content (AvgIpc) is 2.74. The molecule has 0 unspecified atom stereocenters. The second kappa shape index (κ2) is 4.60. The van der Waals surface area contributed by atoms with Crippen molar-refractivity contribution in [1.29, 1.82) is 0 Å². The van der Waals surface area contributed by atoms with E-state index < -0.39 is 0 Å². The molecule has 0 aliphatic heterocycles. The Morgan fingerprint density at radius 2 is 2.00 bits per heavy atom. The molecule has 0 saturated carbocycles. The van der Waals surface area contributed by atoms with Crippen molar-refractivity contribution in [2.24, 2.45) is 0 Å². The van der Waals surface area contributed by atoms with E-state index in [0.29, 0.717) is 5.56 Å². The fraction of sp³-hybridized carbons (Fsp3) is 0. The highest BCUT2D eigenvalue weighted by Gasteiger charge is 2.12. The molecule has 2 rings (SSSR count). The number of hydrogen-bond donors (Lipinski definition) is 0. The minimum absolute atomic E-state index is 0.0458. The van der Waals surface area contributed by atoms with Gasteiger partial charge in [0.1, 0.15) is 0 Å². The molecule has 0 aliphatic carbocycles. The number of halogens is 2. The molecule has 0 radical (unpaired) electrons. The molecule has 2 aromatic rings. The van der Waals surface area contributed by atoms with Crippen LogP contribution in [-0.4, -0.2) is 5.78 Å². The van der Waals surface area contributed by atoms with E-state index >= 15 is 0 Å². The lowest BCUT2D eigenvalue weighted by molar-refractivity contribution is 0.103. The standard InChI is InChI=1S/C11H6Br2OS/c12-8-1-2-10(13)9(5-8)11(14)7-3-4-15-6-7/h1-6H. The molecule has 0 amide bonds. The van der Waals surface area contributed by atoms with Gasteiger partial charge in [-0.2, -0.15) is 11.3 Å². The first-order valence-electron chi connectivity index (χ1n) is 4.20. The fourth-order valence-electron chi connectivity index (χ4n) is 1.22. The van der Waals surface area contributed by atoms with Crippen molar-refractivity contribution in [2.45, 2.75) is 0 Å². The van der Waals surface area contributed by atoms with Gasteiger partial charge in [0.2, 0.25) is 0 Å². The van der Waals surface area contributed by atoms with E-state index in [2.05, 4.69) is 31.9 Å². The summed E-state index contributed by atoms with van der Waals surface area (Å²) in [6.45, 7) is 0. The van der Waals surface area contributed by atoms with Crippen molar-refractivity contribution >= 4 is 49.0 Å². The molecule has 1 nitrogen and oxygen atoms in total. The maximum Gasteiger partial charge on any atom is 0.195 e. The second-order valence-corrected chi connectivity index (χ2v) is 5.52. The Bertz CT molecular complexity index is 491. The lowest BCUT2D eigenvalue weighted by Crippen LogP contribution is -2.00. The van der Waals surface area contributed by atoms with Crippen molar-refractivity contribution in [2.75, 3.05) is 0 Å². The molecular formula is C11H6Br2OS. The molecule has 1 aromatic heterocycles. The Kier molecular flexibility index (Phi) is 3.38. The van der Waals surface area contributed by atoms with Crippen LogP contribution >= 0.6 is 43.2 Å². The Labute approximate surface area is 108 Å². The maximum atomic E-state index is 12.0. The molecule has 0 fully saturated rings. The number of hydrogen-bond acceptors (Lipinski definition) is 2. The highest BCUT2D eigenvalue weighted by atomic mass is 79.9. The van der Waals surface area contributed by atoms with Gasteiger partial charge in [-0.05, 0) is 29.6 Å². The first-order valence-corrected chi connectivity index (χ1v) is 6.73. The summed E-state index contributed by atoms with van der Waals surface area (Å²) in [6, 6.07) is 7.42. The van der Waals surface area contributed by atoms with Crippen LogP contribution in [0.4, 0.5) is 0 Å². The molecule has 76 valence electrons. The minimum Gasteiger partial charge on any atom is -0.289 e. The first-order chi connectivity index (χ1) is 7.18. The largest absolute Gasteiger partial charge is 0.289 e. The molecule has 1 heterocycles. The van der Waals surface area contributed by atoms with Gasteiger partial charge in [-0.1, -0.05) is 31.9 Å². The molecule has 0 saturated heterocycles. The van der Waals surface area contributed by atoms with Gasteiger partial charge in [0.05, 0.1) is 0 Å². The summed E-state index contributed by atoms with van der Waals surface area (Å²) in [5.41, 5.74) is 1.42. The summed E-state index contributed by atoms with van der Waals surface area (Å²) in [5, 5.41) is 3.76. The first kappa shape index (κ1) is 11.0. The summed E-state index contributed by atoms with van der Waals surface area (Å²) in [4.78, 5) is 12.0. The van der Waals surface area contributed by atoms with Gasteiger partial charge in [-0.3, -0.25) is 4.79 Å². The lowest BCUT2D eigenvalue weighted by atomic mass is 10.1.